The van der Waals surface area contributed by atoms with Gasteiger partial charge in [0.1, 0.15) is 11.5 Å². The number of hydrogen-bond acceptors (Lipinski definition) is 4. The molecule has 0 radical (unpaired) electrons. The lowest BCUT2D eigenvalue weighted by molar-refractivity contribution is 0.417. The van der Waals surface area contributed by atoms with Crippen molar-refractivity contribution in [2.75, 3.05) is 12.4 Å². The second kappa shape index (κ2) is 10.5. The van der Waals surface area contributed by atoms with Crippen LogP contribution in [-0.2, 0) is 6.54 Å². The Bertz CT molecular complexity index is 938. The zero-order chi connectivity index (χ0) is 19.1. The van der Waals surface area contributed by atoms with Crippen LogP contribution in [0.2, 0.25) is 0 Å². The maximum Gasteiger partial charge on any atom is 0.193 e. The largest absolute Gasteiger partial charge is 0.495 e. The van der Waals surface area contributed by atoms with Crippen molar-refractivity contribution in [3.63, 3.8) is 0 Å². The molecule has 3 rings (SSSR count). The number of rotatable bonds is 6. The summed E-state index contributed by atoms with van der Waals surface area (Å²) in [4.78, 5) is 8.16. The lowest BCUT2D eigenvalue weighted by atomic mass is 10.2. The van der Waals surface area contributed by atoms with Crippen LogP contribution in [0.1, 0.15) is 5.56 Å². The Labute approximate surface area is 179 Å². The van der Waals surface area contributed by atoms with Crippen LogP contribution in [0.5, 0.6) is 17.2 Å². The highest BCUT2D eigenvalue weighted by Crippen LogP contribution is 2.25. The molecule has 0 spiro atoms. The van der Waals surface area contributed by atoms with Gasteiger partial charge >= 0.3 is 0 Å². The van der Waals surface area contributed by atoms with E-state index in [0.29, 0.717) is 22.7 Å². The summed E-state index contributed by atoms with van der Waals surface area (Å²) < 4.78 is 25.0. The van der Waals surface area contributed by atoms with E-state index in [2.05, 4.69) is 15.3 Å². The minimum atomic E-state index is -0.484. The number of nitrogens with two attached hydrogens (primary N) is 1. The zero-order valence-electron chi connectivity index (χ0n) is 15.1. The summed E-state index contributed by atoms with van der Waals surface area (Å²) >= 11 is 0. The summed E-state index contributed by atoms with van der Waals surface area (Å²) in [6.07, 6.45) is 3.13. The van der Waals surface area contributed by atoms with Gasteiger partial charge in [-0.15, -0.1) is 24.0 Å². The molecule has 0 atom stereocenters. The second-order valence-corrected chi connectivity index (χ2v) is 5.58. The summed E-state index contributed by atoms with van der Waals surface area (Å²) in [5.74, 6) is 0.959. The number of aromatic nitrogens is 1. The number of nitrogens with zero attached hydrogens (tertiary/aromatic N) is 2. The fraction of sp³-hybridized carbons (Fsp3) is 0.100. The van der Waals surface area contributed by atoms with E-state index in [1.54, 1.807) is 37.6 Å². The predicted molar refractivity (Wildman–Crippen MR) is 118 cm³/mol. The number of methoxy groups -OCH3 is 1. The number of halogens is 2. The van der Waals surface area contributed by atoms with Crippen molar-refractivity contribution in [3.05, 3.63) is 78.4 Å². The average Bonchev–Trinajstić information content (AvgIpc) is 2.69. The number of pyridine rings is 1. The highest BCUT2D eigenvalue weighted by Gasteiger charge is 2.07. The van der Waals surface area contributed by atoms with E-state index in [1.807, 2.05) is 24.3 Å². The molecule has 0 unspecified atom stereocenters. The van der Waals surface area contributed by atoms with Gasteiger partial charge < -0.3 is 20.5 Å². The molecule has 0 fully saturated rings. The molecule has 0 saturated heterocycles. The summed E-state index contributed by atoms with van der Waals surface area (Å²) in [7, 11) is 1.58. The van der Waals surface area contributed by atoms with E-state index in [-0.39, 0.29) is 42.2 Å². The quantitative estimate of drug-likeness (QED) is 0.298. The molecule has 2 aromatic carbocycles. The first-order valence-corrected chi connectivity index (χ1v) is 8.22. The van der Waals surface area contributed by atoms with Crippen LogP contribution in [-0.4, -0.2) is 18.1 Å². The van der Waals surface area contributed by atoms with Crippen LogP contribution >= 0.6 is 24.0 Å². The van der Waals surface area contributed by atoms with Gasteiger partial charge in [-0.1, -0.05) is 18.2 Å². The maximum atomic E-state index is 14.2. The summed E-state index contributed by atoms with van der Waals surface area (Å²) in [6.45, 7) is 0.220. The lowest BCUT2D eigenvalue weighted by Gasteiger charge is -2.10. The fourth-order valence-electron chi connectivity index (χ4n) is 2.36. The van der Waals surface area contributed by atoms with Gasteiger partial charge in [-0.3, -0.25) is 4.98 Å². The van der Waals surface area contributed by atoms with Gasteiger partial charge in [-0.25, -0.2) is 9.38 Å². The number of anilines is 1. The Morgan fingerprint density at radius 1 is 1.14 bits per heavy atom. The van der Waals surface area contributed by atoms with E-state index in [1.165, 1.54) is 12.3 Å². The molecule has 3 N–H and O–H groups in total. The maximum absolute atomic E-state index is 14.2. The molecule has 0 bridgehead atoms. The van der Waals surface area contributed by atoms with Crippen molar-refractivity contribution in [1.29, 1.82) is 0 Å². The summed E-state index contributed by atoms with van der Waals surface area (Å²) in [5.41, 5.74) is 7.27. The standard InChI is InChI=1S/C20H19FN4O2.HI/c1-26-19-7-3-2-6-17(19)25-20(22)24-12-14-8-9-18(16(21)11-14)27-15-5-4-10-23-13-15;/h2-11,13H,12H2,1H3,(H3,22,24,25);1H. The van der Waals surface area contributed by atoms with Crippen molar-refractivity contribution in [2.45, 2.75) is 6.54 Å². The highest BCUT2D eigenvalue weighted by molar-refractivity contribution is 14.0. The van der Waals surface area contributed by atoms with Crippen LogP contribution in [0.25, 0.3) is 0 Å². The van der Waals surface area contributed by atoms with Gasteiger partial charge in [-0.05, 0) is 42.0 Å². The van der Waals surface area contributed by atoms with Crippen LogP contribution in [0.15, 0.2) is 72.0 Å². The smallest absolute Gasteiger partial charge is 0.193 e. The Balaban J connectivity index is 0.00000280. The topological polar surface area (TPSA) is 81.8 Å². The normalized spacial score (nSPS) is 10.7. The third-order valence-corrected chi connectivity index (χ3v) is 3.66. The molecule has 0 amide bonds. The zero-order valence-corrected chi connectivity index (χ0v) is 17.5. The number of para-hydroxylation sites is 2. The molecule has 1 aromatic heterocycles. The van der Waals surface area contributed by atoms with Crippen LogP contribution in [0.3, 0.4) is 0 Å². The molecule has 146 valence electrons. The molecule has 0 aliphatic rings. The first-order valence-electron chi connectivity index (χ1n) is 8.22. The van der Waals surface area contributed by atoms with Crippen molar-refractivity contribution < 1.29 is 13.9 Å². The molecule has 1 heterocycles. The summed E-state index contributed by atoms with van der Waals surface area (Å²) in [5, 5.41) is 2.97. The van der Waals surface area contributed by atoms with Gasteiger partial charge in [0, 0.05) is 6.20 Å². The van der Waals surface area contributed by atoms with Crippen LogP contribution in [0.4, 0.5) is 10.1 Å². The Morgan fingerprint density at radius 3 is 2.68 bits per heavy atom. The van der Waals surface area contributed by atoms with E-state index >= 15 is 0 Å². The second-order valence-electron chi connectivity index (χ2n) is 5.58. The van der Waals surface area contributed by atoms with Crippen LogP contribution in [0, 0.1) is 5.82 Å². The van der Waals surface area contributed by atoms with Gasteiger partial charge in [-0.2, -0.15) is 0 Å². The molecule has 8 heteroatoms. The highest BCUT2D eigenvalue weighted by atomic mass is 127. The van der Waals surface area contributed by atoms with Crippen LogP contribution < -0.4 is 20.5 Å². The number of benzene rings is 2. The molecule has 0 aliphatic carbocycles. The number of nitrogens with one attached hydrogen (secondary N) is 1. The number of aliphatic imine (C=N–C) groups is 1. The molecule has 3 aromatic rings. The third kappa shape index (κ3) is 5.81. The Hall–Kier alpha value is -2.88. The third-order valence-electron chi connectivity index (χ3n) is 3.66. The fourth-order valence-corrected chi connectivity index (χ4v) is 2.36. The van der Waals surface area contributed by atoms with Crippen molar-refractivity contribution in [3.8, 4) is 17.2 Å². The van der Waals surface area contributed by atoms with Crippen molar-refractivity contribution in [1.82, 2.24) is 4.98 Å². The minimum Gasteiger partial charge on any atom is -0.495 e. The number of ether oxygens (including phenoxy) is 2. The van der Waals surface area contributed by atoms with Gasteiger partial charge in [0.05, 0.1) is 25.5 Å². The first kappa shape index (κ1) is 21.4. The SMILES string of the molecule is COc1ccccc1NC(N)=NCc1ccc(Oc2cccnc2)c(F)c1.I. The summed E-state index contributed by atoms with van der Waals surface area (Å²) in [6, 6.07) is 15.4. The van der Waals surface area contributed by atoms with Crippen molar-refractivity contribution >= 4 is 35.6 Å². The molecular weight excluding hydrogens is 474 g/mol. The Kier molecular flexibility index (Phi) is 8.00. The lowest BCUT2D eigenvalue weighted by Crippen LogP contribution is -2.22. The molecule has 28 heavy (non-hydrogen) atoms. The molecule has 6 nitrogen and oxygen atoms in total. The van der Waals surface area contributed by atoms with E-state index in [4.69, 9.17) is 15.2 Å². The van der Waals surface area contributed by atoms with Gasteiger partial charge in [0.25, 0.3) is 0 Å². The van der Waals surface area contributed by atoms with E-state index in [9.17, 15) is 4.39 Å². The molecule has 0 saturated carbocycles. The average molecular weight is 494 g/mol. The van der Waals surface area contributed by atoms with Gasteiger partial charge in [0.15, 0.2) is 17.5 Å². The molecular formula is C20H20FIN4O2. The van der Waals surface area contributed by atoms with Crippen molar-refractivity contribution in [2.24, 2.45) is 10.7 Å². The number of hydrogen-bond donors (Lipinski definition) is 2. The Morgan fingerprint density at radius 2 is 1.96 bits per heavy atom. The first-order chi connectivity index (χ1) is 13.2. The van der Waals surface area contributed by atoms with Gasteiger partial charge in [0.2, 0.25) is 0 Å². The number of guanidine groups is 1. The predicted octanol–water partition coefficient (Wildman–Crippen LogP) is 4.57. The minimum absolute atomic E-state index is 0. The van der Waals surface area contributed by atoms with E-state index in [0.717, 1.165) is 0 Å². The van der Waals surface area contributed by atoms with E-state index < -0.39 is 5.82 Å². The monoisotopic (exact) mass is 494 g/mol. The molecule has 0 aliphatic heterocycles.